The van der Waals surface area contributed by atoms with Gasteiger partial charge in [-0.15, -0.1) is 0 Å². The lowest BCUT2D eigenvalue weighted by atomic mass is 9.70. The van der Waals surface area contributed by atoms with Crippen LogP contribution in [0.1, 0.15) is 141 Å². The smallest absolute Gasteiger partial charge is 0.213 e. The minimum atomic E-state index is -0.280. The van der Waals surface area contributed by atoms with E-state index in [1.807, 2.05) is 0 Å². The maximum Gasteiger partial charge on any atom is 0.213 e. The molecule has 5 heteroatoms. The van der Waals surface area contributed by atoms with Crippen LogP contribution in [-0.2, 0) is 0 Å². The molecule has 1 N–H and O–H groups in total. The first-order valence-corrected chi connectivity index (χ1v) is 15.8. The molecule has 5 saturated carbocycles. The summed E-state index contributed by atoms with van der Waals surface area (Å²) in [6.07, 6.45) is 29.1. The van der Waals surface area contributed by atoms with Crippen molar-refractivity contribution in [3.63, 3.8) is 0 Å². The number of nitrogens with one attached hydrogen (secondary N) is 1. The summed E-state index contributed by atoms with van der Waals surface area (Å²) in [6.45, 7) is 0. The molecule has 0 aromatic carbocycles. The Kier molecular flexibility index (Phi) is 9.43. The maximum absolute atomic E-state index is 11.3. The van der Waals surface area contributed by atoms with Crippen LogP contribution < -0.4 is 5.32 Å². The zero-order valence-corrected chi connectivity index (χ0v) is 22.4. The van der Waals surface area contributed by atoms with Gasteiger partial charge in [0, 0.05) is 48.0 Å². The molecule has 5 nitrogen and oxygen atoms in total. The van der Waals surface area contributed by atoms with Gasteiger partial charge in [0.1, 0.15) is 0 Å². The van der Waals surface area contributed by atoms with Crippen molar-refractivity contribution in [3.05, 3.63) is 10.1 Å². The van der Waals surface area contributed by atoms with Gasteiger partial charge in [0.15, 0.2) is 0 Å². The Morgan fingerprint density at radius 1 is 0.514 bits per heavy atom. The third-order valence-electron chi connectivity index (χ3n) is 11.1. The summed E-state index contributed by atoms with van der Waals surface area (Å²) in [5, 5.41) is 15.4. The normalized spacial score (nSPS) is 38.4. The number of rotatable bonds is 7. The highest BCUT2D eigenvalue weighted by molar-refractivity contribution is 4.93. The second-order valence-corrected chi connectivity index (χ2v) is 13.2. The summed E-state index contributed by atoms with van der Waals surface area (Å²) in [6, 6.07) is 3.43. The molecule has 0 heterocycles. The molecule has 0 unspecified atom stereocenters. The molecule has 0 saturated heterocycles. The fourth-order valence-electron chi connectivity index (χ4n) is 9.07. The van der Waals surface area contributed by atoms with Gasteiger partial charge in [-0.1, -0.05) is 38.5 Å². The van der Waals surface area contributed by atoms with E-state index in [4.69, 9.17) is 0 Å². The van der Waals surface area contributed by atoms with E-state index in [0.29, 0.717) is 6.04 Å². The molecule has 0 atom stereocenters. The van der Waals surface area contributed by atoms with Gasteiger partial charge < -0.3 is 5.32 Å². The number of nitrogens with zero attached hydrogens (tertiary/aromatic N) is 2. The second kappa shape index (κ2) is 12.7. The Morgan fingerprint density at radius 3 is 1.49 bits per heavy atom. The fourth-order valence-corrected chi connectivity index (χ4v) is 9.07. The maximum atomic E-state index is 11.3. The van der Waals surface area contributed by atoms with Gasteiger partial charge in [0.05, 0.1) is 0 Å². The van der Waals surface area contributed by atoms with Crippen molar-refractivity contribution in [2.75, 3.05) is 0 Å². The van der Waals surface area contributed by atoms with Crippen LogP contribution in [0.2, 0.25) is 0 Å². The van der Waals surface area contributed by atoms with E-state index in [2.05, 4.69) is 10.2 Å². The van der Waals surface area contributed by atoms with E-state index >= 15 is 0 Å². The van der Waals surface area contributed by atoms with Crippen molar-refractivity contribution in [1.29, 1.82) is 0 Å². The zero-order valence-electron chi connectivity index (χ0n) is 22.4. The lowest BCUT2D eigenvalue weighted by molar-refractivity contribution is -0.527. The second-order valence-electron chi connectivity index (χ2n) is 13.2. The van der Waals surface area contributed by atoms with Crippen LogP contribution in [0.15, 0.2) is 0 Å². The van der Waals surface area contributed by atoms with Gasteiger partial charge >= 0.3 is 0 Å². The molecule has 0 radical (unpaired) electrons. The van der Waals surface area contributed by atoms with E-state index in [1.54, 1.807) is 0 Å². The van der Waals surface area contributed by atoms with Gasteiger partial charge in [0.2, 0.25) is 6.04 Å². The first kappa shape index (κ1) is 25.9. The highest BCUT2D eigenvalue weighted by Gasteiger charge is 2.40. The number of nitro groups is 1. The van der Waals surface area contributed by atoms with Crippen LogP contribution in [0.3, 0.4) is 0 Å². The molecule has 0 bridgehead atoms. The third kappa shape index (κ3) is 6.80. The number of hydrogen-bond donors (Lipinski definition) is 1. The van der Waals surface area contributed by atoms with E-state index in [-0.39, 0.29) is 11.0 Å². The summed E-state index contributed by atoms with van der Waals surface area (Å²) in [4.78, 5) is 14.3. The highest BCUT2D eigenvalue weighted by atomic mass is 16.6. The minimum Gasteiger partial charge on any atom is -0.311 e. The largest absolute Gasteiger partial charge is 0.311 e. The number of hydrogen-bond acceptors (Lipinski definition) is 4. The standard InChI is InChI=1S/C30H53N3O2/c34-33(35)30-21-19-29(20-22-30)32(27-9-5-2-6-10-27)28-17-13-24(14-18-28)23-11-15-26(16-12-23)31-25-7-3-1-4-8-25/h23-31H,1-22H2. The van der Waals surface area contributed by atoms with Crippen molar-refractivity contribution in [2.24, 2.45) is 11.8 Å². The van der Waals surface area contributed by atoms with Crippen molar-refractivity contribution in [3.8, 4) is 0 Å². The minimum absolute atomic E-state index is 0.00815. The van der Waals surface area contributed by atoms with Crippen molar-refractivity contribution in [1.82, 2.24) is 10.2 Å². The van der Waals surface area contributed by atoms with E-state index in [9.17, 15) is 10.1 Å². The van der Waals surface area contributed by atoms with Gasteiger partial charge in [-0.25, -0.2) is 0 Å². The van der Waals surface area contributed by atoms with Crippen LogP contribution in [0.4, 0.5) is 0 Å². The Bertz CT molecular complexity index is 636. The molecule has 200 valence electrons. The molecule has 0 amide bonds. The third-order valence-corrected chi connectivity index (χ3v) is 11.1. The van der Waals surface area contributed by atoms with Crippen molar-refractivity contribution in [2.45, 2.75) is 178 Å². The molecule has 5 rings (SSSR count). The molecular weight excluding hydrogens is 434 g/mol. The van der Waals surface area contributed by atoms with Crippen LogP contribution >= 0.6 is 0 Å². The Balaban J connectivity index is 1.11. The zero-order chi connectivity index (χ0) is 24.0. The summed E-state index contributed by atoms with van der Waals surface area (Å²) in [5.41, 5.74) is 0. The van der Waals surface area contributed by atoms with Crippen LogP contribution in [-0.4, -0.2) is 46.1 Å². The summed E-state index contributed by atoms with van der Waals surface area (Å²) in [5.74, 6) is 1.93. The van der Waals surface area contributed by atoms with Crippen LogP contribution in [0.5, 0.6) is 0 Å². The lowest BCUT2D eigenvalue weighted by Gasteiger charge is -2.49. The average molecular weight is 488 g/mol. The quantitative estimate of drug-likeness (QED) is 0.303. The molecule has 0 spiro atoms. The van der Waals surface area contributed by atoms with E-state index in [0.717, 1.165) is 61.7 Å². The van der Waals surface area contributed by atoms with Crippen molar-refractivity contribution >= 4 is 0 Å². The topological polar surface area (TPSA) is 58.4 Å². The monoisotopic (exact) mass is 487 g/mol. The Hall–Kier alpha value is -0.680. The first-order valence-electron chi connectivity index (χ1n) is 15.8. The van der Waals surface area contributed by atoms with Crippen LogP contribution in [0, 0.1) is 22.0 Å². The predicted molar refractivity (Wildman–Crippen MR) is 143 cm³/mol. The van der Waals surface area contributed by atoms with E-state index < -0.39 is 0 Å². The SMILES string of the molecule is O=[N+]([O-])C1CCC(N(C2CCCCC2)C2CCC(C3CCC(NC4CCCCC4)CC3)CC2)CC1. The summed E-state index contributed by atoms with van der Waals surface area (Å²) < 4.78 is 0. The molecule has 0 aromatic heterocycles. The molecule has 5 fully saturated rings. The Labute approximate surface area is 214 Å². The average Bonchev–Trinajstić information content (AvgIpc) is 2.91. The van der Waals surface area contributed by atoms with Crippen LogP contribution in [0.25, 0.3) is 0 Å². The van der Waals surface area contributed by atoms with Gasteiger partial charge in [0.25, 0.3) is 0 Å². The molecule has 0 aromatic rings. The fraction of sp³-hybridized carbons (Fsp3) is 1.00. The van der Waals surface area contributed by atoms with Gasteiger partial charge in [-0.3, -0.25) is 15.0 Å². The first-order chi connectivity index (χ1) is 17.2. The van der Waals surface area contributed by atoms with Crippen molar-refractivity contribution < 1.29 is 4.92 Å². The summed E-state index contributed by atoms with van der Waals surface area (Å²) in [7, 11) is 0. The molecular formula is C30H53N3O2. The lowest BCUT2D eigenvalue weighted by Crippen LogP contribution is -2.53. The Morgan fingerprint density at radius 2 is 0.943 bits per heavy atom. The summed E-state index contributed by atoms with van der Waals surface area (Å²) >= 11 is 0. The van der Waals surface area contributed by atoms with Gasteiger partial charge in [-0.2, -0.15) is 0 Å². The van der Waals surface area contributed by atoms with E-state index in [1.165, 1.54) is 116 Å². The van der Waals surface area contributed by atoms with Gasteiger partial charge in [-0.05, 0) is 102 Å². The predicted octanol–water partition coefficient (Wildman–Crippen LogP) is 7.25. The molecule has 5 aliphatic carbocycles. The molecule has 0 aliphatic heterocycles. The molecule has 5 aliphatic rings. The molecule has 35 heavy (non-hydrogen) atoms. The highest BCUT2D eigenvalue weighted by Crippen LogP contribution is 2.42.